The van der Waals surface area contributed by atoms with Crippen molar-refractivity contribution in [2.45, 2.75) is 51.8 Å². The van der Waals surface area contributed by atoms with Crippen molar-refractivity contribution in [3.8, 4) is 0 Å². The summed E-state index contributed by atoms with van der Waals surface area (Å²) < 4.78 is 20.0. The average molecular weight is 290 g/mol. The molecule has 0 aromatic carbocycles. The SMILES string of the molecule is CC(=O)OC[C@H]1O[C@@H](O)C[C@@H](OC(C)=O)[C@@H]1OC(C)=O. The standard InChI is InChI=1S/C12H18O8/c1-6(13)17-5-10-12(19-8(3)15)9(18-7(2)14)4-11(16)20-10/h9-12,16H,4-5H2,1-3H3/t9-,10-,11-,12+/m1/s1. The molecule has 1 aliphatic rings. The van der Waals surface area contributed by atoms with Crippen LogP contribution in [0, 0.1) is 0 Å². The number of hydrogen-bond donors (Lipinski definition) is 1. The molecule has 1 heterocycles. The van der Waals surface area contributed by atoms with Crippen molar-refractivity contribution >= 4 is 17.9 Å². The summed E-state index contributed by atoms with van der Waals surface area (Å²) in [5.41, 5.74) is 0. The molecule has 0 radical (unpaired) electrons. The summed E-state index contributed by atoms with van der Waals surface area (Å²) in [6, 6.07) is 0. The van der Waals surface area contributed by atoms with Gasteiger partial charge in [0.05, 0.1) is 0 Å². The average Bonchev–Trinajstić information content (AvgIpc) is 2.28. The van der Waals surface area contributed by atoms with Crippen LogP contribution in [0.1, 0.15) is 27.2 Å². The molecular formula is C12H18O8. The van der Waals surface area contributed by atoms with Crippen LogP contribution in [-0.2, 0) is 33.3 Å². The maximum Gasteiger partial charge on any atom is 0.303 e. The van der Waals surface area contributed by atoms with E-state index in [1.54, 1.807) is 0 Å². The molecule has 8 nitrogen and oxygen atoms in total. The molecule has 0 unspecified atom stereocenters. The Hall–Kier alpha value is -1.67. The normalized spacial score (nSPS) is 29.4. The summed E-state index contributed by atoms with van der Waals surface area (Å²) in [6.07, 6.45) is -3.95. The molecule has 0 amide bonds. The molecule has 1 N–H and O–H groups in total. The third kappa shape index (κ3) is 5.14. The van der Waals surface area contributed by atoms with Crippen LogP contribution < -0.4 is 0 Å². The Morgan fingerprint density at radius 2 is 1.70 bits per heavy atom. The number of carbonyl (C=O) groups excluding carboxylic acids is 3. The highest BCUT2D eigenvalue weighted by atomic mass is 16.7. The van der Waals surface area contributed by atoms with Crippen molar-refractivity contribution in [3.05, 3.63) is 0 Å². The molecule has 20 heavy (non-hydrogen) atoms. The van der Waals surface area contributed by atoms with E-state index in [1.807, 2.05) is 0 Å². The quantitative estimate of drug-likeness (QED) is 0.546. The number of esters is 3. The molecular weight excluding hydrogens is 272 g/mol. The third-order valence-corrected chi connectivity index (χ3v) is 2.57. The minimum absolute atomic E-state index is 0.0336. The molecule has 8 heteroatoms. The van der Waals surface area contributed by atoms with Gasteiger partial charge in [-0.25, -0.2) is 0 Å². The van der Waals surface area contributed by atoms with Gasteiger partial charge in [-0.05, 0) is 0 Å². The van der Waals surface area contributed by atoms with Gasteiger partial charge in [-0.2, -0.15) is 0 Å². The fraction of sp³-hybridized carbons (Fsp3) is 0.750. The fourth-order valence-corrected chi connectivity index (χ4v) is 1.91. The van der Waals surface area contributed by atoms with Gasteiger partial charge in [-0.3, -0.25) is 14.4 Å². The number of ether oxygens (including phenoxy) is 4. The number of hydrogen-bond acceptors (Lipinski definition) is 8. The topological polar surface area (TPSA) is 108 Å². The van der Waals surface area contributed by atoms with Gasteiger partial charge < -0.3 is 24.1 Å². The van der Waals surface area contributed by atoms with E-state index < -0.39 is 42.5 Å². The Morgan fingerprint density at radius 1 is 1.10 bits per heavy atom. The van der Waals surface area contributed by atoms with Crippen molar-refractivity contribution in [1.82, 2.24) is 0 Å². The first-order valence-corrected chi connectivity index (χ1v) is 6.11. The number of rotatable bonds is 4. The van der Waals surface area contributed by atoms with E-state index in [2.05, 4.69) is 0 Å². The molecule has 0 aliphatic carbocycles. The lowest BCUT2D eigenvalue weighted by molar-refractivity contribution is -0.252. The van der Waals surface area contributed by atoms with Crippen LogP contribution in [-0.4, -0.2) is 54.2 Å². The van der Waals surface area contributed by atoms with Crippen molar-refractivity contribution in [2.75, 3.05) is 6.61 Å². The first kappa shape index (κ1) is 16.4. The van der Waals surface area contributed by atoms with Crippen LogP contribution in [0.2, 0.25) is 0 Å². The second kappa shape index (κ2) is 7.20. The van der Waals surface area contributed by atoms with Crippen LogP contribution in [0.5, 0.6) is 0 Å². The number of aliphatic hydroxyl groups excluding tert-OH is 1. The van der Waals surface area contributed by atoms with E-state index in [9.17, 15) is 19.5 Å². The monoisotopic (exact) mass is 290 g/mol. The lowest BCUT2D eigenvalue weighted by Gasteiger charge is -2.38. The maximum absolute atomic E-state index is 11.1. The largest absolute Gasteiger partial charge is 0.463 e. The van der Waals surface area contributed by atoms with Gasteiger partial charge >= 0.3 is 17.9 Å². The molecule has 4 atom stereocenters. The number of carbonyl (C=O) groups is 3. The van der Waals surface area contributed by atoms with E-state index >= 15 is 0 Å². The van der Waals surface area contributed by atoms with Crippen molar-refractivity contribution < 1.29 is 38.4 Å². The van der Waals surface area contributed by atoms with Crippen LogP contribution in [0.3, 0.4) is 0 Å². The van der Waals surface area contributed by atoms with Gasteiger partial charge in [0.1, 0.15) is 18.8 Å². The second-order valence-corrected chi connectivity index (χ2v) is 4.39. The number of aliphatic hydroxyl groups is 1. The lowest BCUT2D eigenvalue weighted by Crippen LogP contribution is -2.53. The third-order valence-electron chi connectivity index (χ3n) is 2.57. The van der Waals surface area contributed by atoms with Gasteiger partial charge in [-0.15, -0.1) is 0 Å². The zero-order valence-electron chi connectivity index (χ0n) is 11.5. The smallest absolute Gasteiger partial charge is 0.303 e. The summed E-state index contributed by atoms with van der Waals surface area (Å²) >= 11 is 0. The maximum atomic E-state index is 11.1. The Bertz CT molecular complexity index is 380. The molecule has 1 aliphatic heterocycles. The lowest BCUT2D eigenvalue weighted by atomic mass is 10.0. The van der Waals surface area contributed by atoms with Crippen molar-refractivity contribution in [1.29, 1.82) is 0 Å². The summed E-state index contributed by atoms with van der Waals surface area (Å²) in [7, 11) is 0. The van der Waals surface area contributed by atoms with E-state index in [-0.39, 0.29) is 13.0 Å². The van der Waals surface area contributed by atoms with Crippen LogP contribution in [0.15, 0.2) is 0 Å². The molecule has 0 bridgehead atoms. The van der Waals surface area contributed by atoms with Crippen molar-refractivity contribution in [3.63, 3.8) is 0 Å². The highest BCUT2D eigenvalue weighted by Gasteiger charge is 2.43. The van der Waals surface area contributed by atoms with E-state index in [0.717, 1.165) is 0 Å². The zero-order chi connectivity index (χ0) is 15.3. The van der Waals surface area contributed by atoms with Crippen molar-refractivity contribution in [2.24, 2.45) is 0 Å². The molecule has 0 saturated carbocycles. The fourth-order valence-electron chi connectivity index (χ4n) is 1.91. The highest BCUT2D eigenvalue weighted by molar-refractivity contribution is 5.67. The minimum Gasteiger partial charge on any atom is -0.463 e. The minimum atomic E-state index is -1.20. The Kier molecular flexibility index (Phi) is 5.90. The predicted octanol–water partition coefficient (Wildman–Crippen LogP) is -0.480. The molecule has 0 spiro atoms. The molecule has 1 rings (SSSR count). The molecule has 1 fully saturated rings. The van der Waals surface area contributed by atoms with Crippen LogP contribution >= 0.6 is 0 Å². The van der Waals surface area contributed by atoms with Gasteiger partial charge in [-0.1, -0.05) is 0 Å². The molecule has 114 valence electrons. The van der Waals surface area contributed by atoms with Gasteiger partial charge in [0.25, 0.3) is 0 Å². The van der Waals surface area contributed by atoms with Crippen LogP contribution in [0.4, 0.5) is 0 Å². The highest BCUT2D eigenvalue weighted by Crippen LogP contribution is 2.25. The first-order chi connectivity index (χ1) is 9.29. The summed E-state index contributed by atoms with van der Waals surface area (Å²) in [5, 5.41) is 9.59. The van der Waals surface area contributed by atoms with E-state index in [4.69, 9.17) is 18.9 Å². The Labute approximate surface area is 115 Å². The van der Waals surface area contributed by atoms with E-state index in [1.165, 1.54) is 20.8 Å². The first-order valence-electron chi connectivity index (χ1n) is 6.11. The van der Waals surface area contributed by atoms with Gasteiger partial charge in [0, 0.05) is 27.2 Å². The molecule has 1 saturated heterocycles. The Balaban J connectivity index is 2.82. The molecule has 0 aromatic heterocycles. The summed E-state index contributed by atoms with van der Waals surface area (Å²) in [5.74, 6) is -1.72. The summed E-state index contributed by atoms with van der Waals surface area (Å²) in [6.45, 7) is 3.39. The van der Waals surface area contributed by atoms with Gasteiger partial charge in [0.2, 0.25) is 0 Å². The molecule has 0 aromatic rings. The van der Waals surface area contributed by atoms with Crippen LogP contribution in [0.25, 0.3) is 0 Å². The zero-order valence-corrected chi connectivity index (χ0v) is 11.5. The Morgan fingerprint density at radius 3 is 2.20 bits per heavy atom. The predicted molar refractivity (Wildman–Crippen MR) is 63.2 cm³/mol. The summed E-state index contributed by atoms with van der Waals surface area (Å²) in [4.78, 5) is 33.0. The van der Waals surface area contributed by atoms with E-state index in [0.29, 0.717) is 0 Å². The second-order valence-electron chi connectivity index (χ2n) is 4.39. The van der Waals surface area contributed by atoms with Gasteiger partial charge in [0.15, 0.2) is 12.4 Å².